The van der Waals surface area contributed by atoms with Crippen LogP contribution in [0.3, 0.4) is 0 Å². The molecule has 0 radical (unpaired) electrons. The van der Waals surface area contributed by atoms with E-state index in [1.165, 1.54) is 0 Å². The molecule has 15 heavy (non-hydrogen) atoms. The molecule has 0 spiro atoms. The molecule has 82 valence electrons. The molecular formula is C12H15ClO2. The molecule has 0 bridgehead atoms. The van der Waals surface area contributed by atoms with Gasteiger partial charge in [0.25, 0.3) is 0 Å². The van der Waals surface area contributed by atoms with Crippen molar-refractivity contribution in [3.05, 3.63) is 29.3 Å². The Balaban J connectivity index is 3.11. The molecule has 0 atom stereocenters. The second-order valence-electron chi connectivity index (χ2n) is 4.63. The van der Waals surface area contributed by atoms with Crippen LogP contribution >= 0.6 is 11.6 Å². The van der Waals surface area contributed by atoms with Gasteiger partial charge in [-0.15, -0.1) is 0 Å². The Morgan fingerprint density at radius 1 is 1.40 bits per heavy atom. The summed E-state index contributed by atoms with van der Waals surface area (Å²) in [4.78, 5) is 10.8. The van der Waals surface area contributed by atoms with Gasteiger partial charge in [0.2, 0.25) is 5.24 Å². The van der Waals surface area contributed by atoms with E-state index in [9.17, 15) is 9.90 Å². The van der Waals surface area contributed by atoms with Crippen molar-refractivity contribution in [2.75, 3.05) is 0 Å². The normalized spacial score (nSPS) is 11.5. The van der Waals surface area contributed by atoms with Crippen LogP contribution in [0.5, 0.6) is 5.75 Å². The summed E-state index contributed by atoms with van der Waals surface area (Å²) in [5.41, 5.74) is 1.52. The highest BCUT2D eigenvalue weighted by Gasteiger charge is 2.18. The molecule has 0 amide bonds. The number of halogens is 1. The number of hydrogen-bond donors (Lipinski definition) is 1. The quantitative estimate of drug-likeness (QED) is 0.788. The zero-order valence-corrected chi connectivity index (χ0v) is 9.93. The second-order valence-corrected chi connectivity index (χ2v) is 5.05. The van der Waals surface area contributed by atoms with Gasteiger partial charge in [0.15, 0.2) is 0 Å². The highest BCUT2D eigenvalue weighted by Crippen LogP contribution is 2.31. The van der Waals surface area contributed by atoms with E-state index >= 15 is 0 Å². The predicted octanol–water partition coefficient (Wildman–Crippen LogP) is 3.00. The SMILES string of the molecule is CC(C)(C)c1cc(CC(=O)Cl)ccc1O. The largest absolute Gasteiger partial charge is 0.508 e. The molecule has 2 nitrogen and oxygen atoms in total. The van der Waals surface area contributed by atoms with Crippen LogP contribution < -0.4 is 0 Å². The fourth-order valence-corrected chi connectivity index (χ4v) is 1.61. The minimum atomic E-state index is -0.388. The minimum absolute atomic E-state index is 0.143. The molecule has 0 aliphatic heterocycles. The van der Waals surface area contributed by atoms with E-state index in [0.29, 0.717) is 0 Å². The third-order valence-corrected chi connectivity index (χ3v) is 2.35. The number of benzene rings is 1. The predicted molar refractivity (Wildman–Crippen MR) is 61.4 cm³/mol. The summed E-state index contributed by atoms with van der Waals surface area (Å²) in [5.74, 6) is 0.258. The molecule has 0 fully saturated rings. The third kappa shape index (κ3) is 3.24. The molecule has 1 N–H and O–H groups in total. The zero-order valence-electron chi connectivity index (χ0n) is 9.17. The van der Waals surface area contributed by atoms with Crippen LogP contribution in [0, 0.1) is 0 Å². The van der Waals surface area contributed by atoms with E-state index in [1.807, 2.05) is 26.8 Å². The highest BCUT2D eigenvalue weighted by atomic mass is 35.5. The molecule has 0 aliphatic carbocycles. The number of carbonyl (C=O) groups excluding carboxylic acids is 1. The van der Waals surface area contributed by atoms with E-state index < -0.39 is 0 Å². The second kappa shape index (κ2) is 4.23. The van der Waals surface area contributed by atoms with Gasteiger partial charge in [0.05, 0.1) is 0 Å². The molecule has 0 saturated heterocycles. The van der Waals surface area contributed by atoms with Crippen molar-refractivity contribution in [1.82, 2.24) is 0 Å². The van der Waals surface area contributed by atoms with E-state index in [0.717, 1.165) is 11.1 Å². The Labute approximate surface area is 94.9 Å². The van der Waals surface area contributed by atoms with Gasteiger partial charge in [-0.25, -0.2) is 0 Å². The molecular weight excluding hydrogens is 212 g/mol. The Morgan fingerprint density at radius 3 is 2.47 bits per heavy atom. The summed E-state index contributed by atoms with van der Waals surface area (Å²) in [6.07, 6.45) is 0.199. The monoisotopic (exact) mass is 226 g/mol. The maximum absolute atomic E-state index is 10.8. The topological polar surface area (TPSA) is 37.3 Å². The molecule has 0 heterocycles. The number of phenols is 1. The van der Waals surface area contributed by atoms with Gasteiger partial charge < -0.3 is 5.11 Å². The summed E-state index contributed by atoms with van der Waals surface area (Å²) in [6.45, 7) is 6.02. The zero-order chi connectivity index (χ0) is 11.6. The van der Waals surface area contributed by atoms with Gasteiger partial charge in [0.1, 0.15) is 5.75 Å². The van der Waals surface area contributed by atoms with Crippen molar-refractivity contribution in [1.29, 1.82) is 0 Å². The lowest BCUT2D eigenvalue weighted by molar-refractivity contribution is -0.111. The van der Waals surface area contributed by atoms with Crippen LogP contribution in [0.4, 0.5) is 0 Å². The minimum Gasteiger partial charge on any atom is -0.508 e. The standard InChI is InChI=1S/C12H15ClO2/c1-12(2,3)9-6-8(7-11(13)15)4-5-10(9)14/h4-6,14H,7H2,1-3H3. The first kappa shape index (κ1) is 12.1. The number of carbonyl (C=O) groups is 1. The van der Waals surface area contributed by atoms with Gasteiger partial charge in [-0.05, 0) is 34.2 Å². The average Bonchev–Trinajstić information content (AvgIpc) is 2.05. The summed E-state index contributed by atoms with van der Waals surface area (Å²) < 4.78 is 0. The number of hydrogen-bond acceptors (Lipinski definition) is 2. The molecule has 1 rings (SSSR count). The van der Waals surface area contributed by atoms with E-state index in [-0.39, 0.29) is 22.8 Å². The van der Waals surface area contributed by atoms with Gasteiger partial charge in [-0.3, -0.25) is 4.79 Å². The molecule has 0 unspecified atom stereocenters. The smallest absolute Gasteiger partial charge is 0.226 e. The first-order chi connectivity index (χ1) is 6.80. The number of rotatable bonds is 2. The van der Waals surface area contributed by atoms with E-state index in [1.54, 1.807) is 12.1 Å². The van der Waals surface area contributed by atoms with Gasteiger partial charge in [-0.1, -0.05) is 32.9 Å². The van der Waals surface area contributed by atoms with Crippen molar-refractivity contribution in [3.63, 3.8) is 0 Å². The van der Waals surface area contributed by atoms with Crippen molar-refractivity contribution in [3.8, 4) is 5.75 Å². The average molecular weight is 227 g/mol. The molecule has 0 saturated carbocycles. The highest BCUT2D eigenvalue weighted by molar-refractivity contribution is 6.63. The molecule has 3 heteroatoms. The Morgan fingerprint density at radius 2 is 2.00 bits per heavy atom. The first-order valence-corrected chi connectivity index (χ1v) is 5.19. The van der Waals surface area contributed by atoms with E-state index in [4.69, 9.17) is 11.6 Å². The Hall–Kier alpha value is -1.02. The first-order valence-electron chi connectivity index (χ1n) is 4.81. The van der Waals surface area contributed by atoms with Crippen molar-refractivity contribution >= 4 is 16.8 Å². The maximum atomic E-state index is 10.8. The third-order valence-electron chi connectivity index (χ3n) is 2.21. The van der Waals surface area contributed by atoms with E-state index in [2.05, 4.69) is 0 Å². The molecule has 1 aromatic carbocycles. The van der Waals surface area contributed by atoms with Crippen molar-refractivity contribution in [2.45, 2.75) is 32.6 Å². The lowest BCUT2D eigenvalue weighted by Gasteiger charge is -2.21. The summed E-state index contributed by atoms with van der Waals surface area (Å²) in [5, 5.41) is 9.30. The van der Waals surface area contributed by atoms with Gasteiger partial charge in [-0.2, -0.15) is 0 Å². The summed E-state index contributed by atoms with van der Waals surface area (Å²) in [6, 6.07) is 5.15. The lowest BCUT2D eigenvalue weighted by atomic mass is 9.85. The molecule has 1 aromatic rings. The van der Waals surface area contributed by atoms with Crippen LogP contribution in [0.2, 0.25) is 0 Å². The maximum Gasteiger partial charge on any atom is 0.226 e. The molecule has 0 aliphatic rings. The summed E-state index contributed by atoms with van der Waals surface area (Å²) in [7, 11) is 0. The Bertz CT molecular complexity index is 378. The number of phenolic OH excluding ortho intramolecular Hbond substituents is 1. The fourth-order valence-electron chi connectivity index (χ4n) is 1.45. The van der Waals surface area contributed by atoms with Crippen LogP contribution in [-0.2, 0) is 16.6 Å². The Kier molecular flexibility index (Phi) is 3.40. The van der Waals surface area contributed by atoms with Gasteiger partial charge in [0, 0.05) is 6.42 Å². The summed E-state index contributed by atoms with van der Waals surface area (Å²) >= 11 is 5.32. The lowest BCUT2D eigenvalue weighted by Crippen LogP contribution is -2.12. The van der Waals surface area contributed by atoms with Crippen LogP contribution in [0.1, 0.15) is 31.9 Å². The van der Waals surface area contributed by atoms with Crippen LogP contribution in [0.25, 0.3) is 0 Å². The van der Waals surface area contributed by atoms with Crippen LogP contribution in [-0.4, -0.2) is 10.3 Å². The molecule has 0 aromatic heterocycles. The van der Waals surface area contributed by atoms with Crippen molar-refractivity contribution < 1.29 is 9.90 Å². The fraction of sp³-hybridized carbons (Fsp3) is 0.417. The number of aromatic hydroxyl groups is 1. The van der Waals surface area contributed by atoms with Crippen molar-refractivity contribution in [2.24, 2.45) is 0 Å². The van der Waals surface area contributed by atoms with Crippen LogP contribution in [0.15, 0.2) is 18.2 Å². The van der Waals surface area contributed by atoms with Gasteiger partial charge >= 0.3 is 0 Å².